The van der Waals surface area contributed by atoms with Crippen LogP contribution >= 0.6 is 0 Å². The zero-order chi connectivity index (χ0) is 11.1. The van der Waals surface area contributed by atoms with Crippen molar-refractivity contribution in [2.75, 3.05) is 20.8 Å². The molecule has 88 valence electrons. The number of methoxy groups -OCH3 is 2. The third-order valence-corrected chi connectivity index (χ3v) is 2.80. The Morgan fingerprint density at radius 2 is 2.00 bits per heavy atom. The first-order valence-electron chi connectivity index (χ1n) is 5.47. The Morgan fingerprint density at radius 1 is 1.27 bits per heavy atom. The van der Waals surface area contributed by atoms with Crippen molar-refractivity contribution in [3.8, 4) is 0 Å². The minimum Gasteiger partial charge on any atom is -0.469 e. The van der Waals surface area contributed by atoms with Gasteiger partial charge in [0.25, 0.3) is 0 Å². The first-order chi connectivity index (χ1) is 7.26. The largest absolute Gasteiger partial charge is 0.469 e. The SMILES string of the molecule is COC(=O)CCOC1CCCC(OC)C1. The molecule has 1 aliphatic carbocycles. The smallest absolute Gasteiger partial charge is 0.307 e. The molecular weight excluding hydrogens is 196 g/mol. The molecule has 0 heterocycles. The van der Waals surface area contributed by atoms with Crippen LogP contribution in [0.4, 0.5) is 0 Å². The van der Waals surface area contributed by atoms with Crippen LogP contribution in [0.25, 0.3) is 0 Å². The van der Waals surface area contributed by atoms with Crippen LogP contribution in [0.1, 0.15) is 32.1 Å². The van der Waals surface area contributed by atoms with Crippen LogP contribution in [0.2, 0.25) is 0 Å². The van der Waals surface area contributed by atoms with E-state index in [-0.39, 0.29) is 12.1 Å². The number of carbonyl (C=O) groups is 1. The van der Waals surface area contributed by atoms with Crippen LogP contribution in [0.15, 0.2) is 0 Å². The third-order valence-electron chi connectivity index (χ3n) is 2.80. The lowest BCUT2D eigenvalue weighted by Crippen LogP contribution is -2.28. The Balaban J connectivity index is 2.12. The molecule has 1 rings (SSSR count). The van der Waals surface area contributed by atoms with E-state index in [9.17, 15) is 4.79 Å². The van der Waals surface area contributed by atoms with Gasteiger partial charge in [-0.15, -0.1) is 0 Å². The molecule has 0 aromatic carbocycles. The van der Waals surface area contributed by atoms with Crippen LogP contribution in [-0.2, 0) is 19.0 Å². The highest BCUT2D eigenvalue weighted by Crippen LogP contribution is 2.23. The molecule has 2 atom stereocenters. The molecule has 0 amide bonds. The zero-order valence-corrected chi connectivity index (χ0v) is 9.53. The first-order valence-corrected chi connectivity index (χ1v) is 5.47. The summed E-state index contributed by atoms with van der Waals surface area (Å²) in [6.07, 6.45) is 5.17. The van der Waals surface area contributed by atoms with Gasteiger partial charge in [0.05, 0.1) is 32.3 Å². The van der Waals surface area contributed by atoms with Gasteiger partial charge in [-0.3, -0.25) is 4.79 Å². The molecule has 4 heteroatoms. The van der Waals surface area contributed by atoms with Gasteiger partial charge < -0.3 is 14.2 Å². The summed E-state index contributed by atoms with van der Waals surface area (Å²) >= 11 is 0. The highest BCUT2D eigenvalue weighted by molar-refractivity contribution is 5.69. The van der Waals surface area contributed by atoms with E-state index >= 15 is 0 Å². The molecule has 0 aromatic rings. The Bertz CT molecular complexity index is 193. The van der Waals surface area contributed by atoms with Crippen LogP contribution < -0.4 is 0 Å². The Labute approximate surface area is 90.9 Å². The standard InChI is InChI=1S/C11H20O4/c1-13-9-4-3-5-10(8-9)15-7-6-11(12)14-2/h9-10H,3-8H2,1-2H3. The molecule has 0 aliphatic heterocycles. The number of rotatable bonds is 5. The van der Waals surface area contributed by atoms with Crippen LogP contribution in [0.5, 0.6) is 0 Å². The average Bonchev–Trinajstić information content (AvgIpc) is 2.29. The maximum Gasteiger partial charge on any atom is 0.307 e. The van der Waals surface area contributed by atoms with Gasteiger partial charge in [-0.1, -0.05) is 0 Å². The number of hydrogen-bond donors (Lipinski definition) is 0. The summed E-state index contributed by atoms with van der Waals surface area (Å²) < 4.78 is 15.4. The molecule has 0 spiro atoms. The lowest BCUT2D eigenvalue weighted by atomic mass is 9.95. The third kappa shape index (κ3) is 4.62. The fraction of sp³-hybridized carbons (Fsp3) is 0.909. The predicted molar refractivity (Wildman–Crippen MR) is 55.6 cm³/mol. The van der Waals surface area contributed by atoms with Crippen LogP contribution in [0.3, 0.4) is 0 Å². The van der Waals surface area contributed by atoms with E-state index in [0.717, 1.165) is 25.7 Å². The molecule has 15 heavy (non-hydrogen) atoms. The van der Waals surface area contributed by atoms with Gasteiger partial charge in [0.2, 0.25) is 0 Å². The van der Waals surface area contributed by atoms with E-state index in [0.29, 0.717) is 19.1 Å². The minimum atomic E-state index is -0.214. The molecule has 0 radical (unpaired) electrons. The van der Waals surface area contributed by atoms with Gasteiger partial charge in [-0.05, 0) is 25.7 Å². The summed E-state index contributed by atoms with van der Waals surface area (Å²) in [5.41, 5.74) is 0. The average molecular weight is 216 g/mol. The van der Waals surface area contributed by atoms with Gasteiger partial charge in [-0.25, -0.2) is 0 Å². The lowest BCUT2D eigenvalue weighted by molar-refractivity contribution is -0.142. The molecule has 0 saturated heterocycles. The van der Waals surface area contributed by atoms with Crippen molar-refractivity contribution in [1.29, 1.82) is 0 Å². The summed E-state index contributed by atoms with van der Waals surface area (Å²) in [4.78, 5) is 10.8. The van der Waals surface area contributed by atoms with Gasteiger partial charge in [-0.2, -0.15) is 0 Å². The molecule has 1 fully saturated rings. The Kier molecular flexibility index (Phi) is 5.65. The van der Waals surface area contributed by atoms with E-state index in [4.69, 9.17) is 9.47 Å². The van der Waals surface area contributed by atoms with Crippen LogP contribution in [-0.4, -0.2) is 39.0 Å². The second kappa shape index (κ2) is 6.80. The van der Waals surface area contributed by atoms with Crippen molar-refractivity contribution < 1.29 is 19.0 Å². The van der Waals surface area contributed by atoms with E-state index in [1.54, 1.807) is 7.11 Å². The van der Waals surface area contributed by atoms with Crippen molar-refractivity contribution in [3.05, 3.63) is 0 Å². The summed E-state index contributed by atoms with van der Waals surface area (Å²) in [6.45, 7) is 0.452. The molecule has 4 nitrogen and oxygen atoms in total. The highest BCUT2D eigenvalue weighted by atomic mass is 16.5. The molecular formula is C11H20O4. The maximum absolute atomic E-state index is 10.8. The summed E-state index contributed by atoms with van der Waals surface area (Å²) in [5.74, 6) is -0.214. The van der Waals surface area contributed by atoms with Gasteiger partial charge in [0, 0.05) is 7.11 Å². The van der Waals surface area contributed by atoms with Gasteiger partial charge >= 0.3 is 5.97 Å². The molecule has 2 unspecified atom stereocenters. The fourth-order valence-corrected chi connectivity index (χ4v) is 1.88. The quantitative estimate of drug-likeness (QED) is 0.654. The number of ether oxygens (including phenoxy) is 3. The topological polar surface area (TPSA) is 44.8 Å². The Hall–Kier alpha value is -0.610. The predicted octanol–water partition coefficient (Wildman–Crippen LogP) is 1.52. The fourth-order valence-electron chi connectivity index (χ4n) is 1.88. The second-order valence-electron chi connectivity index (χ2n) is 3.84. The summed E-state index contributed by atoms with van der Waals surface area (Å²) in [6, 6.07) is 0. The van der Waals surface area contributed by atoms with Crippen molar-refractivity contribution in [3.63, 3.8) is 0 Å². The van der Waals surface area contributed by atoms with Crippen molar-refractivity contribution in [2.45, 2.75) is 44.3 Å². The van der Waals surface area contributed by atoms with E-state index in [1.165, 1.54) is 7.11 Å². The van der Waals surface area contributed by atoms with Gasteiger partial charge in [0.1, 0.15) is 0 Å². The van der Waals surface area contributed by atoms with E-state index < -0.39 is 0 Å². The monoisotopic (exact) mass is 216 g/mol. The summed E-state index contributed by atoms with van der Waals surface area (Å²) in [5, 5.41) is 0. The first kappa shape index (κ1) is 12.5. The van der Waals surface area contributed by atoms with E-state index in [1.807, 2.05) is 0 Å². The lowest BCUT2D eigenvalue weighted by Gasteiger charge is -2.28. The molecule has 0 aromatic heterocycles. The van der Waals surface area contributed by atoms with Crippen LogP contribution in [0, 0.1) is 0 Å². The zero-order valence-electron chi connectivity index (χ0n) is 9.53. The summed E-state index contributed by atoms with van der Waals surface area (Å²) in [7, 11) is 3.13. The second-order valence-corrected chi connectivity index (χ2v) is 3.84. The number of esters is 1. The molecule has 0 bridgehead atoms. The number of carbonyl (C=O) groups excluding carboxylic acids is 1. The van der Waals surface area contributed by atoms with Crippen molar-refractivity contribution in [2.24, 2.45) is 0 Å². The van der Waals surface area contributed by atoms with Crippen molar-refractivity contribution >= 4 is 5.97 Å². The normalized spacial score (nSPS) is 26.3. The molecule has 0 N–H and O–H groups in total. The highest BCUT2D eigenvalue weighted by Gasteiger charge is 2.22. The molecule has 1 aliphatic rings. The minimum absolute atomic E-state index is 0.214. The van der Waals surface area contributed by atoms with Gasteiger partial charge in [0.15, 0.2) is 0 Å². The van der Waals surface area contributed by atoms with E-state index in [2.05, 4.69) is 4.74 Å². The molecule has 1 saturated carbocycles. The maximum atomic E-state index is 10.8. The van der Waals surface area contributed by atoms with Crippen molar-refractivity contribution in [1.82, 2.24) is 0 Å². The number of hydrogen-bond acceptors (Lipinski definition) is 4. The Morgan fingerprint density at radius 3 is 2.67 bits per heavy atom.